The number of rotatable bonds is 7. The molecular weight excluding hydrogens is 316 g/mol. The van der Waals surface area contributed by atoms with E-state index >= 15 is 0 Å². The number of amides is 2. The summed E-state index contributed by atoms with van der Waals surface area (Å²) in [5.74, 6) is 0.742. The SMILES string of the molecule is O=C(NCCCC(=O)N1CCC(C(O)c2ccccc2)CC1)C1CC1. The summed E-state index contributed by atoms with van der Waals surface area (Å²) in [6.07, 6.45) is 4.42. The Morgan fingerprint density at radius 3 is 2.44 bits per heavy atom. The first kappa shape index (κ1) is 17.9. The van der Waals surface area contributed by atoms with Gasteiger partial charge in [0.05, 0.1) is 6.10 Å². The largest absolute Gasteiger partial charge is 0.388 e. The van der Waals surface area contributed by atoms with E-state index in [1.165, 1.54) is 0 Å². The van der Waals surface area contributed by atoms with E-state index in [1.54, 1.807) is 0 Å². The number of nitrogens with zero attached hydrogens (tertiary/aromatic N) is 1. The second-order valence-electron chi connectivity index (χ2n) is 7.24. The molecule has 136 valence electrons. The summed E-state index contributed by atoms with van der Waals surface area (Å²) in [7, 11) is 0. The van der Waals surface area contributed by atoms with Gasteiger partial charge >= 0.3 is 0 Å². The molecule has 1 aromatic rings. The van der Waals surface area contributed by atoms with Crippen LogP contribution in [0.5, 0.6) is 0 Å². The molecule has 0 bridgehead atoms. The zero-order chi connectivity index (χ0) is 17.6. The van der Waals surface area contributed by atoms with Gasteiger partial charge in [-0.3, -0.25) is 9.59 Å². The first-order valence-electron chi connectivity index (χ1n) is 9.43. The van der Waals surface area contributed by atoms with Gasteiger partial charge in [-0.25, -0.2) is 0 Å². The van der Waals surface area contributed by atoms with Gasteiger partial charge in [0.25, 0.3) is 0 Å². The normalized spacial score (nSPS) is 19.5. The van der Waals surface area contributed by atoms with Crippen molar-refractivity contribution in [1.29, 1.82) is 0 Å². The van der Waals surface area contributed by atoms with Crippen molar-refractivity contribution in [2.45, 2.75) is 44.6 Å². The topological polar surface area (TPSA) is 69.6 Å². The summed E-state index contributed by atoms with van der Waals surface area (Å²) >= 11 is 0. The molecule has 5 heteroatoms. The molecule has 1 atom stereocenters. The maximum atomic E-state index is 12.3. The molecule has 1 saturated carbocycles. The van der Waals surface area contributed by atoms with E-state index < -0.39 is 6.10 Å². The van der Waals surface area contributed by atoms with E-state index in [4.69, 9.17) is 0 Å². The van der Waals surface area contributed by atoms with Gasteiger partial charge in [0, 0.05) is 32.0 Å². The van der Waals surface area contributed by atoms with Crippen LogP contribution in [0, 0.1) is 11.8 Å². The van der Waals surface area contributed by atoms with Crippen molar-refractivity contribution in [3.8, 4) is 0 Å². The van der Waals surface area contributed by atoms with Gasteiger partial charge in [-0.1, -0.05) is 30.3 Å². The molecule has 1 aliphatic heterocycles. The van der Waals surface area contributed by atoms with Gasteiger partial charge < -0.3 is 15.3 Å². The van der Waals surface area contributed by atoms with Crippen LogP contribution in [0.4, 0.5) is 0 Å². The fourth-order valence-corrected chi connectivity index (χ4v) is 3.49. The molecule has 1 aromatic carbocycles. The highest BCUT2D eigenvalue weighted by molar-refractivity contribution is 5.81. The minimum Gasteiger partial charge on any atom is -0.388 e. The maximum absolute atomic E-state index is 12.3. The number of nitrogens with one attached hydrogen (secondary N) is 1. The minimum atomic E-state index is -0.448. The van der Waals surface area contributed by atoms with Crippen LogP contribution in [0.1, 0.15) is 50.2 Å². The third-order valence-corrected chi connectivity index (χ3v) is 5.29. The number of hydrogen-bond donors (Lipinski definition) is 2. The minimum absolute atomic E-state index is 0.142. The summed E-state index contributed by atoms with van der Waals surface area (Å²) in [4.78, 5) is 25.7. The van der Waals surface area contributed by atoms with Gasteiger partial charge in [-0.2, -0.15) is 0 Å². The fourth-order valence-electron chi connectivity index (χ4n) is 3.49. The summed E-state index contributed by atoms with van der Waals surface area (Å²) in [5, 5.41) is 13.4. The van der Waals surface area contributed by atoms with E-state index in [0.29, 0.717) is 32.5 Å². The molecule has 25 heavy (non-hydrogen) atoms. The molecule has 3 rings (SSSR count). The van der Waals surface area contributed by atoms with Crippen LogP contribution in [0.25, 0.3) is 0 Å². The predicted octanol–water partition coefficient (Wildman–Crippen LogP) is 2.26. The molecule has 2 N–H and O–H groups in total. The van der Waals surface area contributed by atoms with Crippen molar-refractivity contribution in [2.75, 3.05) is 19.6 Å². The second-order valence-corrected chi connectivity index (χ2v) is 7.24. The molecule has 0 spiro atoms. The quantitative estimate of drug-likeness (QED) is 0.746. The predicted molar refractivity (Wildman–Crippen MR) is 95.7 cm³/mol. The van der Waals surface area contributed by atoms with E-state index in [2.05, 4.69) is 5.32 Å². The van der Waals surface area contributed by atoms with Crippen molar-refractivity contribution in [3.63, 3.8) is 0 Å². The Labute approximate surface area is 149 Å². The lowest BCUT2D eigenvalue weighted by atomic mass is 9.87. The molecule has 1 saturated heterocycles. The third kappa shape index (κ3) is 5.05. The average molecular weight is 344 g/mol. The van der Waals surface area contributed by atoms with Crippen molar-refractivity contribution in [2.24, 2.45) is 11.8 Å². The molecule has 0 aromatic heterocycles. The van der Waals surface area contributed by atoms with Gasteiger partial charge in [-0.15, -0.1) is 0 Å². The van der Waals surface area contributed by atoms with Gasteiger partial charge in [0.15, 0.2) is 0 Å². The Balaban J connectivity index is 1.35. The number of piperidine rings is 1. The lowest BCUT2D eigenvalue weighted by Gasteiger charge is -2.34. The van der Waals surface area contributed by atoms with Crippen molar-refractivity contribution < 1.29 is 14.7 Å². The zero-order valence-corrected chi connectivity index (χ0v) is 14.7. The molecule has 1 aliphatic carbocycles. The second kappa shape index (κ2) is 8.48. The fraction of sp³-hybridized carbons (Fsp3) is 0.600. The lowest BCUT2D eigenvalue weighted by molar-refractivity contribution is -0.133. The summed E-state index contributed by atoms with van der Waals surface area (Å²) in [5.41, 5.74) is 0.957. The molecule has 1 heterocycles. The number of hydrogen-bond acceptors (Lipinski definition) is 3. The number of aliphatic hydroxyl groups excluding tert-OH is 1. The molecule has 1 unspecified atom stereocenters. The standard InChI is InChI=1S/C20H28N2O3/c23-18(7-4-12-21-20(25)17-8-9-17)22-13-10-16(11-14-22)19(24)15-5-2-1-3-6-15/h1-3,5-6,16-17,19,24H,4,7-14H2,(H,21,25). The van der Waals surface area contributed by atoms with E-state index in [9.17, 15) is 14.7 Å². The number of likely N-dealkylation sites (tertiary alicyclic amines) is 1. The van der Waals surface area contributed by atoms with Crippen LogP contribution >= 0.6 is 0 Å². The monoisotopic (exact) mass is 344 g/mol. The third-order valence-electron chi connectivity index (χ3n) is 5.29. The average Bonchev–Trinajstić information content (AvgIpc) is 3.50. The highest BCUT2D eigenvalue weighted by Gasteiger charge is 2.29. The number of benzene rings is 1. The number of carbonyl (C=O) groups excluding carboxylic acids is 2. The van der Waals surface area contributed by atoms with Crippen LogP contribution < -0.4 is 5.32 Å². The van der Waals surface area contributed by atoms with Crippen molar-refractivity contribution in [3.05, 3.63) is 35.9 Å². The van der Waals surface area contributed by atoms with Gasteiger partial charge in [0.2, 0.25) is 11.8 Å². The molecule has 2 aliphatic rings. The van der Waals surface area contributed by atoms with Crippen LogP contribution in [-0.2, 0) is 9.59 Å². The van der Waals surface area contributed by atoms with Crippen LogP contribution in [-0.4, -0.2) is 41.5 Å². The van der Waals surface area contributed by atoms with Crippen molar-refractivity contribution in [1.82, 2.24) is 10.2 Å². The Morgan fingerprint density at radius 2 is 1.80 bits per heavy atom. The Bertz CT molecular complexity index is 578. The zero-order valence-electron chi connectivity index (χ0n) is 14.7. The first-order chi connectivity index (χ1) is 12.1. The summed E-state index contributed by atoms with van der Waals surface area (Å²) < 4.78 is 0. The maximum Gasteiger partial charge on any atom is 0.223 e. The first-order valence-corrected chi connectivity index (χ1v) is 9.43. The molecule has 2 fully saturated rings. The highest BCUT2D eigenvalue weighted by Crippen LogP contribution is 2.31. The van der Waals surface area contributed by atoms with Crippen molar-refractivity contribution >= 4 is 11.8 Å². The summed E-state index contributed by atoms with van der Waals surface area (Å²) in [6.45, 7) is 2.01. The smallest absolute Gasteiger partial charge is 0.223 e. The van der Waals surface area contributed by atoms with Crippen LogP contribution in [0.3, 0.4) is 0 Å². The molecule has 2 amide bonds. The van der Waals surface area contributed by atoms with Crippen LogP contribution in [0.15, 0.2) is 30.3 Å². The molecular formula is C20H28N2O3. The summed E-state index contributed by atoms with van der Waals surface area (Å²) in [6, 6.07) is 9.75. The molecule has 5 nitrogen and oxygen atoms in total. The Hall–Kier alpha value is -1.88. The highest BCUT2D eigenvalue weighted by atomic mass is 16.3. The van der Waals surface area contributed by atoms with E-state index in [1.807, 2.05) is 35.2 Å². The number of carbonyl (C=O) groups is 2. The van der Waals surface area contributed by atoms with Crippen LogP contribution in [0.2, 0.25) is 0 Å². The van der Waals surface area contributed by atoms with Gasteiger partial charge in [-0.05, 0) is 43.6 Å². The van der Waals surface area contributed by atoms with Gasteiger partial charge in [0.1, 0.15) is 0 Å². The Morgan fingerprint density at radius 1 is 1.12 bits per heavy atom. The molecule has 0 radical (unpaired) electrons. The Kier molecular flexibility index (Phi) is 6.08. The number of aliphatic hydroxyl groups is 1. The van der Waals surface area contributed by atoms with E-state index in [-0.39, 0.29) is 23.7 Å². The lowest BCUT2D eigenvalue weighted by Crippen LogP contribution is -2.40. The van der Waals surface area contributed by atoms with E-state index in [0.717, 1.165) is 31.2 Å².